The van der Waals surface area contributed by atoms with Crippen molar-refractivity contribution in [3.05, 3.63) is 69.7 Å². The maximum Gasteiger partial charge on any atom is 0.315 e. The number of thioether (sulfide) groups is 1. The number of nitrogens with zero attached hydrogens (tertiary/aromatic N) is 3. The van der Waals surface area contributed by atoms with Crippen molar-refractivity contribution in [1.29, 1.82) is 0 Å². The van der Waals surface area contributed by atoms with Gasteiger partial charge in [0.15, 0.2) is 11.0 Å². The number of benzene rings is 2. The number of hydrogen-bond acceptors (Lipinski definition) is 4. The molecule has 0 unspecified atom stereocenters. The van der Waals surface area contributed by atoms with E-state index in [4.69, 9.17) is 23.2 Å². The fraction of sp³-hybridized carbons (Fsp3) is 0.211. The predicted molar refractivity (Wildman–Crippen MR) is 113 cm³/mol. The minimum absolute atomic E-state index is 0.162. The number of carbonyl (C=O) groups is 1. The zero-order valence-corrected chi connectivity index (χ0v) is 17.8. The summed E-state index contributed by atoms with van der Waals surface area (Å²) in [5, 5.41) is 15.4. The van der Waals surface area contributed by atoms with Crippen LogP contribution in [0.1, 0.15) is 18.3 Å². The SMILES string of the molecule is CCNC(=O)NCc1nnc(SCc2ccc(F)cc2)n1-c1ccc(Cl)cc1Cl. The second-order valence-electron chi connectivity index (χ2n) is 5.96. The number of rotatable bonds is 7. The smallest absolute Gasteiger partial charge is 0.315 e. The summed E-state index contributed by atoms with van der Waals surface area (Å²) in [6.45, 7) is 2.51. The Hall–Kier alpha value is -2.29. The number of aromatic nitrogens is 3. The summed E-state index contributed by atoms with van der Waals surface area (Å²) in [5.74, 6) is 0.795. The number of nitrogens with one attached hydrogen (secondary N) is 2. The van der Waals surface area contributed by atoms with E-state index in [1.807, 2.05) is 6.92 Å². The first-order valence-corrected chi connectivity index (χ1v) is 10.5. The molecule has 0 saturated heterocycles. The highest BCUT2D eigenvalue weighted by Crippen LogP contribution is 2.30. The summed E-state index contributed by atoms with van der Waals surface area (Å²) >= 11 is 13.8. The van der Waals surface area contributed by atoms with Crippen LogP contribution in [0.4, 0.5) is 9.18 Å². The quantitative estimate of drug-likeness (QED) is 0.502. The van der Waals surface area contributed by atoms with Gasteiger partial charge in [-0.05, 0) is 42.8 Å². The van der Waals surface area contributed by atoms with Gasteiger partial charge in [-0.3, -0.25) is 4.57 Å². The van der Waals surface area contributed by atoms with Gasteiger partial charge in [0.25, 0.3) is 0 Å². The molecule has 1 aromatic heterocycles. The number of amides is 2. The Bertz CT molecular complexity index is 997. The van der Waals surface area contributed by atoms with Crippen molar-refractivity contribution in [2.45, 2.75) is 24.4 Å². The van der Waals surface area contributed by atoms with Gasteiger partial charge in [-0.1, -0.05) is 47.1 Å². The molecular formula is C19H18Cl2FN5OS. The highest BCUT2D eigenvalue weighted by Gasteiger charge is 2.17. The highest BCUT2D eigenvalue weighted by atomic mass is 35.5. The van der Waals surface area contributed by atoms with Crippen LogP contribution in [0.2, 0.25) is 10.0 Å². The average molecular weight is 454 g/mol. The monoisotopic (exact) mass is 453 g/mol. The van der Waals surface area contributed by atoms with Crippen LogP contribution in [0.25, 0.3) is 5.69 Å². The molecule has 0 aliphatic heterocycles. The lowest BCUT2D eigenvalue weighted by atomic mass is 10.2. The van der Waals surface area contributed by atoms with Crippen molar-refractivity contribution in [1.82, 2.24) is 25.4 Å². The van der Waals surface area contributed by atoms with Gasteiger partial charge in [-0.25, -0.2) is 9.18 Å². The molecule has 10 heteroatoms. The van der Waals surface area contributed by atoms with Gasteiger partial charge >= 0.3 is 6.03 Å². The minimum Gasteiger partial charge on any atom is -0.338 e. The number of carbonyl (C=O) groups excluding carboxylic acids is 1. The summed E-state index contributed by atoms with van der Waals surface area (Å²) in [6, 6.07) is 11.1. The lowest BCUT2D eigenvalue weighted by Gasteiger charge is -2.13. The number of hydrogen-bond donors (Lipinski definition) is 2. The molecule has 0 atom stereocenters. The molecule has 0 aliphatic carbocycles. The highest BCUT2D eigenvalue weighted by molar-refractivity contribution is 7.98. The summed E-state index contributed by atoms with van der Waals surface area (Å²) in [5.41, 5.74) is 1.59. The predicted octanol–water partition coefficient (Wildman–Crippen LogP) is 4.82. The van der Waals surface area contributed by atoms with Gasteiger partial charge in [-0.15, -0.1) is 10.2 Å². The van der Waals surface area contributed by atoms with Crippen LogP contribution >= 0.6 is 35.0 Å². The maximum atomic E-state index is 13.1. The van der Waals surface area contributed by atoms with Gasteiger partial charge in [0.05, 0.1) is 17.3 Å². The Balaban J connectivity index is 1.88. The fourth-order valence-corrected chi connectivity index (χ4v) is 3.94. The van der Waals surface area contributed by atoms with Crippen LogP contribution in [0.15, 0.2) is 47.6 Å². The molecule has 2 aromatic carbocycles. The summed E-state index contributed by atoms with van der Waals surface area (Å²) < 4.78 is 14.9. The molecule has 0 saturated carbocycles. The van der Waals surface area contributed by atoms with Gasteiger partial charge in [-0.2, -0.15) is 0 Å². The van der Waals surface area contributed by atoms with Crippen LogP contribution in [-0.4, -0.2) is 27.3 Å². The first kappa shape index (κ1) is 21.4. The third-order valence-corrected chi connectivity index (χ3v) is 5.41. The van der Waals surface area contributed by atoms with Gasteiger partial charge in [0.1, 0.15) is 5.82 Å². The van der Waals surface area contributed by atoms with Crippen LogP contribution in [0, 0.1) is 5.82 Å². The van der Waals surface area contributed by atoms with E-state index in [9.17, 15) is 9.18 Å². The Morgan fingerprint density at radius 2 is 1.90 bits per heavy atom. The molecule has 2 N–H and O–H groups in total. The lowest BCUT2D eigenvalue weighted by molar-refractivity contribution is 0.240. The summed E-state index contributed by atoms with van der Waals surface area (Å²) in [7, 11) is 0. The van der Waals surface area contributed by atoms with E-state index in [1.165, 1.54) is 23.9 Å². The van der Waals surface area contributed by atoms with Crippen molar-refractivity contribution in [3.63, 3.8) is 0 Å². The third kappa shape index (κ3) is 5.62. The Labute approximate surface area is 181 Å². The molecule has 29 heavy (non-hydrogen) atoms. The molecule has 2 amide bonds. The maximum absolute atomic E-state index is 13.1. The van der Waals surface area contributed by atoms with E-state index in [0.717, 1.165) is 5.56 Å². The molecule has 0 bridgehead atoms. The summed E-state index contributed by atoms with van der Waals surface area (Å²) in [6.07, 6.45) is 0. The molecule has 0 spiro atoms. The minimum atomic E-state index is -0.301. The van der Waals surface area contributed by atoms with Crippen molar-refractivity contribution in [3.8, 4) is 5.69 Å². The fourth-order valence-electron chi connectivity index (χ4n) is 2.52. The zero-order chi connectivity index (χ0) is 20.8. The molecule has 6 nitrogen and oxygen atoms in total. The van der Waals surface area contributed by atoms with E-state index in [-0.39, 0.29) is 18.4 Å². The lowest BCUT2D eigenvalue weighted by Crippen LogP contribution is -2.35. The molecule has 1 heterocycles. The molecule has 152 valence electrons. The first-order valence-electron chi connectivity index (χ1n) is 8.76. The van der Waals surface area contributed by atoms with E-state index in [0.29, 0.717) is 39.0 Å². The Morgan fingerprint density at radius 3 is 2.59 bits per heavy atom. The van der Waals surface area contributed by atoms with Crippen molar-refractivity contribution in [2.75, 3.05) is 6.54 Å². The Morgan fingerprint density at radius 1 is 1.14 bits per heavy atom. The molecule has 3 rings (SSSR count). The topological polar surface area (TPSA) is 71.8 Å². The van der Waals surface area contributed by atoms with Gasteiger partial charge < -0.3 is 10.6 Å². The van der Waals surface area contributed by atoms with E-state index >= 15 is 0 Å². The second kappa shape index (κ2) is 9.96. The van der Waals surface area contributed by atoms with Crippen molar-refractivity contribution in [2.24, 2.45) is 0 Å². The Kier molecular flexibility index (Phi) is 7.35. The van der Waals surface area contributed by atoms with Crippen molar-refractivity contribution >= 4 is 41.0 Å². The number of halogens is 3. The third-order valence-electron chi connectivity index (χ3n) is 3.88. The normalized spacial score (nSPS) is 10.8. The van der Waals surface area contributed by atoms with Crippen LogP contribution in [-0.2, 0) is 12.3 Å². The second-order valence-corrected chi connectivity index (χ2v) is 7.74. The van der Waals surface area contributed by atoms with Crippen LogP contribution in [0.5, 0.6) is 0 Å². The van der Waals surface area contributed by atoms with E-state index < -0.39 is 0 Å². The average Bonchev–Trinajstić information content (AvgIpc) is 3.09. The van der Waals surface area contributed by atoms with E-state index in [1.54, 1.807) is 34.9 Å². The van der Waals surface area contributed by atoms with Crippen LogP contribution < -0.4 is 10.6 Å². The summed E-state index contributed by atoms with van der Waals surface area (Å²) in [4.78, 5) is 11.8. The molecular weight excluding hydrogens is 436 g/mol. The molecule has 0 radical (unpaired) electrons. The van der Waals surface area contributed by atoms with Crippen molar-refractivity contribution < 1.29 is 9.18 Å². The number of urea groups is 1. The van der Waals surface area contributed by atoms with Gasteiger partial charge in [0, 0.05) is 17.3 Å². The van der Waals surface area contributed by atoms with Crippen LogP contribution in [0.3, 0.4) is 0 Å². The first-order chi connectivity index (χ1) is 14.0. The standard InChI is InChI=1S/C19H18Cl2FN5OS/c1-2-23-18(28)24-10-17-25-26-19(29-11-12-3-6-14(22)7-4-12)27(17)16-8-5-13(20)9-15(16)21/h3-9H,2,10-11H2,1H3,(H2,23,24,28). The molecule has 0 fully saturated rings. The molecule has 3 aromatic rings. The van der Waals surface area contributed by atoms with Gasteiger partial charge in [0.2, 0.25) is 0 Å². The largest absolute Gasteiger partial charge is 0.338 e. The van der Waals surface area contributed by atoms with E-state index in [2.05, 4.69) is 20.8 Å². The molecule has 0 aliphatic rings. The zero-order valence-electron chi connectivity index (χ0n) is 15.5.